The fourth-order valence-corrected chi connectivity index (χ4v) is 1.22. The van der Waals surface area contributed by atoms with Crippen LogP contribution in [0, 0.1) is 0 Å². The molecule has 0 aromatic carbocycles. The predicted octanol–water partition coefficient (Wildman–Crippen LogP) is 1.04. The van der Waals surface area contributed by atoms with Crippen molar-refractivity contribution in [3.8, 4) is 0 Å². The standard InChI is InChI=1S/C11H17F3N2O5/c12-11(13,14)7-21-6-5-15-10(20)16-8(17)3-1-2-4-9(18)19/h1-7H2,(H,18,19)(H2,15,16,17,20). The van der Waals surface area contributed by atoms with Crippen LogP contribution in [0.15, 0.2) is 0 Å². The van der Waals surface area contributed by atoms with Crippen molar-refractivity contribution in [2.45, 2.75) is 31.9 Å². The van der Waals surface area contributed by atoms with Gasteiger partial charge in [-0.1, -0.05) is 0 Å². The second-order valence-electron chi connectivity index (χ2n) is 4.07. The highest BCUT2D eigenvalue weighted by atomic mass is 19.4. The molecule has 122 valence electrons. The first-order chi connectivity index (χ1) is 9.70. The number of carbonyl (C=O) groups excluding carboxylic acids is 2. The van der Waals surface area contributed by atoms with Crippen molar-refractivity contribution in [1.29, 1.82) is 0 Å². The summed E-state index contributed by atoms with van der Waals surface area (Å²) in [6.45, 7) is -1.91. The SMILES string of the molecule is O=C(O)CCCCC(=O)NC(=O)NCCOCC(F)(F)F. The average molecular weight is 314 g/mol. The molecule has 21 heavy (non-hydrogen) atoms. The van der Waals surface area contributed by atoms with Crippen molar-refractivity contribution in [3.63, 3.8) is 0 Å². The number of aliphatic carboxylic acids is 1. The van der Waals surface area contributed by atoms with Crippen LogP contribution in [-0.2, 0) is 14.3 Å². The quantitative estimate of drug-likeness (QED) is 0.551. The third-order valence-electron chi connectivity index (χ3n) is 2.10. The largest absolute Gasteiger partial charge is 0.481 e. The van der Waals surface area contributed by atoms with Gasteiger partial charge in [0.2, 0.25) is 5.91 Å². The number of amides is 3. The minimum atomic E-state index is -4.42. The van der Waals surface area contributed by atoms with Gasteiger partial charge >= 0.3 is 18.2 Å². The van der Waals surface area contributed by atoms with E-state index in [1.807, 2.05) is 5.32 Å². The summed E-state index contributed by atoms with van der Waals surface area (Å²) in [4.78, 5) is 32.6. The molecule has 0 saturated carbocycles. The molecule has 3 N–H and O–H groups in total. The molecule has 10 heteroatoms. The number of unbranched alkanes of at least 4 members (excludes halogenated alkanes) is 1. The molecule has 0 radical (unpaired) electrons. The number of carboxylic acid groups (broad SMARTS) is 1. The lowest BCUT2D eigenvalue weighted by atomic mass is 10.2. The topological polar surface area (TPSA) is 105 Å². The van der Waals surface area contributed by atoms with Gasteiger partial charge in [-0.15, -0.1) is 0 Å². The summed E-state index contributed by atoms with van der Waals surface area (Å²) in [6.07, 6.45) is -3.86. The molecule has 0 saturated heterocycles. The van der Waals surface area contributed by atoms with E-state index in [0.29, 0.717) is 12.8 Å². The maximum atomic E-state index is 11.7. The normalized spacial score (nSPS) is 11.0. The van der Waals surface area contributed by atoms with Crippen molar-refractivity contribution in [1.82, 2.24) is 10.6 Å². The lowest BCUT2D eigenvalue weighted by molar-refractivity contribution is -0.173. The van der Waals surface area contributed by atoms with Crippen LogP contribution in [0.5, 0.6) is 0 Å². The molecule has 0 aromatic rings. The average Bonchev–Trinajstić information content (AvgIpc) is 2.32. The molecule has 3 amide bonds. The highest BCUT2D eigenvalue weighted by Crippen LogP contribution is 2.13. The Morgan fingerprint density at radius 1 is 1.10 bits per heavy atom. The van der Waals surface area contributed by atoms with Gasteiger partial charge in [-0.2, -0.15) is 13.2 Å². The second-order valence-corrected chi connectivity index (χ2v) is 4.07. The molecule has 0 aromatic heterocycles. The molecule has 0 rings (SSSR count). The molecule has 0 unspecified atom stereocenters. The molecule has 7 nitrogen and oxygen atoms in total. The maximum Gasteiger partial charge on any atom is 0.411 e. The Balaban J connectivity index is 3.56. The Bertz CT molecular complexity index is 360. The number of rotatable bonds is 9. The minimum Gasteiger partial charge on any atom is -0.481 e. The van der Waals surface area contributed by atoms with Gasteiger partial charge in [0.1, 0.15) is 6.61 Å². The van der Waals surface area contributed by atoms with Crippen molar-refractivity contribution in [2.24, 2.45) is 0 Å². The van der Waals surface area contributed by atoms with Crippen LogP contribution in [-0.4, -0.2) is 48.9 Å². The number of alkyl halides is 3. The van der Waals surface area contributed by atoms with Crippen molar-refractivity contribution >= 4 is 17.9 Å². The third-order valence-corrected chi connectivity index (χ3v) is 2.10. The predicted molar refractivity (Wildman–Crippen MR) is 64.5 cm³/mol. The molecule has 0 atom stereocenters. The lowest BCUT2D eigenvalue weighted by Gasteiger charge is -2.09. The Morgan fingerprint density at radius 2 is 1.71 bits per heavy atom. The molecular weight excluding hydrogens is 297 g/mol. The molecule has 0 spiro atoms. The van der Waals surface area contributed by atoms with Crippen LogP contribution in [0.4, 0.5) is 18.0 Å². The van der Waals surface area contributed by atoms with Crippen molar-refractivity contribution < 1.29 is 37.4 Å². The molecular formula is C11H17F3N2O5. The number of nitrogens with one attached hydrogen (secondary N) is 2. The summed E-state index contributed by atoms with van der Waals surface area (Å²) in [5.41, 5.74) is 0. The summed E-state index contributed by atoms with van der Waals surface area (Å²) in [7, 11) is 0. The summed E-state index contributed by atoms with van der Waals surface area (Å²) in [5, 5.41) is 12.5. The molecule has 0 aliphatic heterocycles. The third kappa shape index (κ3) is 14.4. The van der Waals surface area contributed by atoms with Gasteiger partial charge in [-0.05, 0) is 12.8 Å². The van der Waals surface area contributed by atoms with Crippen LogP contribution in [0.2, 0.25) is 0 Å². The zero-order chi connectivity index (χ0) is 16.3. The Morgan fingerprint density at radius 3 is 2.29 bits per heavy atom. The first kappa shape index (κ1) is 19.2. The van der Waals surface area contributed by atoms with E-state index in [0.717, 1.165) is 0 Å². The van der Waals surface area contributed by atoms with E-state index in [-0.39, 0.29) is 26.0 Å². The number of imide groups is 1. The van der Waals surface area contributed by atoms with E-state index in [4.69, 9.17) is 5.11 Å². The molecule has 0 bridgehead atoms. The van der Waals surface area contributed by atoms with Crippen molar-refractivity contribution in [2.75, 3.05) is 19.8 Å². The van der Waals surface area contributed by atoms with E-state index in [2.05, 4.69) is 10.1 Å². The highest BCUT2D eigenvalue weighted by Gasteiger charge is 2.27. The zero-order valence-electron chi connectivity index (χ0n) is 11.2. The number of hydrogen-bond donors (Lipinski definition) is 3. The number of ether oxygens (including phenoxy) is 1. The number of urea groups is 1. The summed E-state index contributed by atoms with van der Waals surface area (Å²) < 4.78 is 39.4. The van der Waals surface area contributed by atoms with Gasteiger partial charge in [0.05, 0.1) is 6.61 Å². The van der Waals surface area contributed by atoms with Gasteiger partial charge < -0.3 is 15.2 Å². The van der Waals surface area contributed by atoms with Crippen LogP contribution in [0.1, 0.15) is 25.7 Å². The number of carboxylic acids is 1. The monoisotopic (exact) mass is 314 g/mol. The van der Waals surface area contributed by atoms with Gasteiger partial charge in [0.15, 0.2) is 0 Å². The Hall–Kier alpha value is -1.84. The first-order valence-corrected chi connectivity index (χ1v) is 6.14. The van der Waals surface area contributed by atoms with Crippen LogP contribution in [0.3, 0.4) is 0 Å². The molecule has 0 aliphatic rings. The zero-order valence-corrected chi connectivity index (χ0v) is 11.2. The number of carbonyl (C=O) groups is 3. The van der Waals surface area contributed by atoms with Gasteiger partial charge in [0, 0.05) is 19.4 Å². The Labute approximate surface area is 118 Å². The number of halogens is 3. The van der Waals surface area contributed by atoms with E-state index in [9.17, 15) is 27.6 Å². The fourth-order valence-electron chi connectivity index (χ4n) is 1.22. The number of hydrogen-bond acceptors (Lipinski definition) is 4. The fraction of sp³-hybridized carbons (Fsp3) is 0.727. The first-order valence-electron chi connectivity index (χ1n) is 6.14. The highest BCUT2D eigenvalue weighted by molar-refractivity contribution is 5.94. The van der Waals surface area contributed by atoms with E-state index in [1.54, 1.807) is 0 Å². The van der Waals surface area contributed by atoms with Gasteiger partial charge in [-0.3, -0.25) is 14.9 Å². The molecule has 0 aliphatic carbocycles. The summed E-state index contributed by atoms with van der Waals surface area (Å²) in [6, 6.07) is -0.839. The van der Waals surface area contributed by atoms with Gasteiger partial charge in [0.25, 0.3) is 0 Å². The van der Waals surface area contributed by atoms with E-state index in [1.165, 1.54) is 0 Å². The van der Waals surface area contributed by atoms with E-state index < -0.39 is 30.7 Å². The Kier molecular flexibility index (Phi) is 9.10. The van der Waals surface area contributed by atoms with Crippen molar-refractivity contribution in [3.05, 3.63) is 0 Å². The summed E-state index contributed by atoms with van der Waals surface area (Å²) in [5.74, 6) is -1.55. The van der Waals surface area contributed by atoms with Crippen LogP contribution in [0.25, 0.3) is 0 Å². The minimum absolute atomic E-state index is 0.00866. The van der Waals surface area contributed by atoms with Crippen LogP contribution < -0.4 is 10.6 Å². The lowest BCUT2D eigenvalue weighted by Crippen LogP contribution is -2.40. The maximum absolute atomic E-state index is 11.7. The van der Waals surface area contributed by atoms with E-state index >= 15 is 0 Å². The molecule has 0 heterocycles. The summed E-state index contributed by atoms with van der Waals surface area (Å²) >= 11 is 0. The second kappa shape index (κ2) is 9.97. The molecule has 0 fully saturated rings. The van der Waals surface area contributed by atoms with Crippen LogP contribution >= 0.6 is 0 Å². The van der Waals surface area contributed by atoms with Gasteiger partial charge in [-0.25, -0.2) is 4.79 Å². The smallest absolute Gasteiger partial charge is 0.411 e.